The molecule has 392 valence electrons. The third-order valence-electron chi connectivity index (χ3n) is 22.5. The minimum atomic E-state index is -4.35. The number of carbonyl (C=O) groups is 2. The molecule has 0 aromatic heterocycles. The average molecular weight is 1000 g/mol. The SMILES string of the molecule is CC[C@H]1[C@@H](O)C2C3CC[C@H]([C@H](C)CCC(=O)NCCS(=O)(=O)[O-])[C@@]3(C)C[C@H](O)C2[C@@]2(C)CC[C@@H](O)C[C@@H]12.CC[C@H]1[C@@H](O)C2C3CC[C@H]([C@H](C)CCC(=O)O)[C@@]3(C)C[C@H](O)C2[C@@]2(C)CC[C@@H](O)C[C@@H]12.[Na+]. The molecule has 8 saturated carbocycles. The van der Waals surface area contributed by atoms with Crippen molar-refractivity contribution in [1.82, 2.24) is 5.32 Å². The third-order valence-corrected chi connectivity index (χ3v) is 23.2. The number of carboxylic acid groups (broad SMARTS) is 1. The van der Waals surface area contributed by atoms with Crippen molar-refractivity contribution in [2.75, 3.05) is 12.3 Å². The van der Waals surface area contributed by atoms with Gasteiger partial charge in [-0.25, -0.2) is 8.42 Å². The quantitative estimate of drug-likeness (QED) is 0.0972. The number of carbonyl (C=O) groups excluding carboxylic acids is 1. The molecule has 15 heteroatoms. The molecule has 0 aromatic rings. The molecule has 6 unspecified atom stereocenters. The molecule has 0 saturated heterocycles. The molecule has 8 aliphatic carbocycles. The molecule has 8 rings (SSSR count). The number of hydrogen-bond acceptors (Lipinski definition) is 11. The molecule has 0 radical (unpaired) electrons. The van der Waals surface area contributed by atoms with E-state index in [0.717, 1.165) is 77.0 Å². The van der Waals surface area contributed by atoms with Gasteiger partial charge in [0.15, 0.2) is 0 Å². The van der Waals surface area contributed by atoms with Gasteiger partial charge in [-0.3, -0.25) is 9.59 Å². The summed E-state index contributed by atoms with van der Waals surface area (Å²) in [6.07, 6.45) is 11.7. The predicted molar refractivity (Wildman–Crippen MR) is 258 cm³/mol. The Bertz CT molecular complexity index is 1890. The average Bonchev–Trinajstić information content (AvgIpc) is 3.78. The van der Waals surface area contributed by atoms with Crippen LogP contribution in [0.1, 0.15) is 171 Å². The maximum Gasteiger partial charge on any atom is 1.00 e. The number of hydrogen-bond donors (Lipinski definition) is 8. The van der Waals surface area contributed by atoms with Crippen LogP contribution in [-0.2, 0) is 19.7 Å². The standard InChI is InChI=1S/C28H49NO7S.C26H44O5.Na/c1-5-18-21-14-17(30)10-11-27(21,3)25-22(31)15-28(4)19(7-8-20(28)24(25)26(18)33)16(2)6-9-23(32)29-12-13-37(34,35)36;1-5-16-19-12-15(27)10-11-25(19,3)23-20(28)13-26(4)17(14(2)6-9-21(29)30)7-8-18(26)22(23)24(16)31;/h16-22,24-26,30-31,33H,5-15H2,1-4H3,(H,29,32)(H,34,35,36);14-20,22-24,27-28,31H,5-13H2,1-4H3,(H,29,30);/q;;+1/p-1/t16-,17-,18-,19-,20?,21+,22+,24?,25?,26-,27+,28-;14-,15-,16-,17-,18?,19+,20+,22?,23?,24-,25+,26-;/m11./s1. The molecule has 0 aromatic carbocycles. The molecule has 0 aliphatic heterocycles. The van der Waals surface area contributed by atoms with E-state index in [2.05, 4.69) is 60.7 Å². The molecular formula is C54H92NNaO12S. The van der Waals surface area contributed by atoms with Crippen molar-refractivity contribution < 1.29 is 87.9 Å². The minimum absolute atomic E-state index is 0. The first-order valence-electron chi connectivity index (χ1n) is 27.3. The first kappa shape index (κ1) is 57.9. The molecule has 24 atom stereocenters. The van der Waals surface area contributed by atoms with Crippen LogP contribution in [0.15, 0.2) is 0 Å². The number of carboxylic acids is 1. The molecule has 8 N–H and O–H groups in total. The molecule has 0 heterocycles. The molecule has 1 amide bonds. The predicted octanol–water partition coefficient (Wildman–Crippen LogP) is 3.75. The van der Waals surface area contributed by atoms with Crippen LogP contribution in [0, 0.1) is 105 Å². The largest absolute Gasteiger partial charge is 1.00 e. The van der Waals surface area contributed by atoms with E-state index in [4.69, 9.17) is 5.11 Å². The zero-order valence-electron chi connectivity index (χ0n) is 43.8. The number of rotatable bonds is 13. The van der Waals surface area contributed by atoms with Crippen LogP contribution in [0.4, 0.5) is 0 Å². The van der Waals surface area contributed by atoms with Crippen LogP contribution in [0.25, 0.3) is 0 Å². The second-order valence-corrected chi connectivity index (χ2v) is 27.1. The van der Waals surface area contributed by atoms with Gasteiger partial charge in [-0.05, 0) is 194 Å². The Morgan fingerprint density at radius 2 is 1.04 bits per heavy atom. The van der Waals surface area contributed by atoms with Crippen molar-refractivity contribution in [3.8, 4) is 0 Å². The smallest absolute Gasteiger partial charge is 0.748 e. The number of aliphatic hydroxyl groups excluding tert-OH is 6. The summed E-state index contributed by atoms with van der Waals surface area (Å²) in [5, 5.41) is 79.4. The Kier molecular flexibility index (Phi) is 18.5. The Hall–Kier alpha value is -0.390. The van der Waals surface area contributed by atoms with E-state index in [-0.39, 0.29) is 142 Å². The van der Waals surface area contributed by atoms with Gasteiger partial charge in [-0.2, -0.15) is 0 Å². The Morgan fingerprint density at radius 1 is 0.638 bits per heavy atom. The van der Waals surface area contributed by atoms with Gasteiger partial charge in [0, 0.05) is 19.4 Å². The van der Waals surface area contributed by atoms with Crippen LogP contribution >= 0.6 is 0 Å². The van der Waals surface area contributed by atoms with Crippen LogP contribution < -0.4 is 34.9 Å². The number of nitrogens with one attached hydrogen (secondary N) is 1. The van der Waals surface area contributed by atoms with Gasteiger partial charge in [0.05, 0.1) is 52.5 Å². The summed E-state index contributed by atoms with van der Waals surface area (Å²) in [7, 11) is -4.35. The summed E-state index contributed by atoms with van der Waals surface area (Å²) in [5.41, 5.74) is -0.277. The third kappa shape index (κ3) is 10.7. The van der Waals surface area contributed by atoms with Gasteiger partial charge in [0.25, 0.3) is 0 Å². The van der Waals surface area contributed by atoms with Crippen LogP contribution in [-0.4, -0.2) is 110 Å². The second-order valence-electron chi connectivity index (χ2n) is 25.6. The first-order chi connectivity index (χ1) is 31.8. The Balaban J connectivity index is 0.000000227. The summed E-state index contributed by atoms with van der Waals surface area (Å²) in [4.78, 5) is 23.4. The molecule has 69 heavy (non-hydrogen) atoms. The van der Waals surface area contributed by atoms with E-state index in [1.165, 1.54) is 0 Å². The van der Waals surface area contributed by atoms with Crippen LogP contribution in [0.2, 0.25) is 0 Å². The van der Waals surface area contributed by atoms with Crippen molar-refractivity contribution >= 4 is 22.0 Å². The summed E-state index contributed by atoms with van der Waals surface area (Å²) in [6.45, 7) is 17.8. The molecule has 0 bridgehead atoms. The van der Waals surface area contributed by atoms with E-state index in [0.29, 0.717) is 55.3 Å². The van der Waals surface area contributed by atoms with E-state index < -0.39 is 46.3 Å². The fraction of sp³-hybridized carbons (Fsp3) is 0.963. The second kappa shape index (κ2) is 22.1. The zero-order valence-corrected chi connectivity index (χ0v) is 46.6. The monoisotopic (exact) mass is 1000 g/mol. The van der Waals surface area contributed by atoms with Crippen molar-refractivity contribution in [2.24, 2.45) is 105 Å². The number of fused-ring (bicyclic) bond motifs is 10. The maximum absolute atomic E-state index is 12.3. The maximum atomic E-state index is 12.3. The Labute approximate surface area is 437 Å². The zero-order chi connectivity index (χ0) is 50.1. The minimum Gasteiger partial charge on any atom is -0.748 e. The molecule has 13 nitrogen and oxygen atoms in total. The number of aliphatic carboxylic acids is 1. The van der Waals surface area contributed by atoms with Crippen LogP contribution in [0.5, 0.6) is 0 Å². The fourth-order valence-electron chi connectivity index (χ4n) is 19.6. The number of aliphatic hydroxyl groups is 6. The van der Waals surface area contributed by atoms with Crippen molar-refractivity contribution in [2.45, 2.75) is 208 Å². The summed E-state index contributed by atoms with van der Waals surface area (Å²) in [6, 6.07) is 0. The van der Waals surface area contributed by atoms with Gasteiger partial charge in [-0.15, -0.1) is 0 Å². The normalized spacial score (nSPS) is 48.6. The topological polar surface area (TPSA) is 245 Å². The summed E-state index contributed by atoms with van der Waals surface area (Å²) in [5.74, 6) is 1.49. The van der Waals surface area contributed by atoms with Gasteiger partial charge in [-0.1, -0.05) is 68.2 Å². The van der Waals surface area contributed by atoms with Gasteiger partial charge in [0.2, 0.25) is 5.91 Å². The van der Waals surface area contributed by atoms with Crippen molar-refractivity contribution in [3.05, 3.63) is 0 Å². The van der Waals surface area contributed by atoms with Gasteiger partial charge >= 0.3 is 35.5 Å². The van der Waals surface area contributed by atoms with Crippen molar-refractivity contribution in [1.29, 1.82) is 0 Å². The Morgan fingerprint density at radius 3 is 1.42 bits per heavy atom. The van der Waals surface area contributed by atoms with E-state index >= 15 is 0 Å². The van der Waals surface area contributed by atoms with Gasteiger partial charge in [0.1, 0.15) is 0 Å². The summed E-state index contributed by atoms with van der Waals surface area (Å²) >= 11 is 0. The fourth-order valence-corrected chi connectivity index (χ4v) is 20.0. The van der Waals surface area contributed by atoms with Gasteiger partial charge < -0.3 is 45.6 Å². The summed E-state index contributed by atoms with van der Waals surface area (Å²) < 4.78 is 32.3. The van der Waals surface area contributed by atoms with Crippen molar-refractivity contribution in [3.63, 3.8) is 0 Å². The van der Waals surface area contributed by atoms with E-state index in [1.54, 1.807) is 0 Å². The van der Waals surface area contributed by atoms with E-state index in [9.17, 15) is 53.2 Å². The van der Waals surface area contributed by atoms with Crippen LogP contribution in [0.3, 0.4) is 0 Å². The van der Waals surface area contributed by atoms with E-state index in [1.807, 2.05) is 0 Å². The molecular weight excluding hydrogens is 910 g/mol. The molecule has 8 fully saturated rings. The molecule has 8 aliphatic rings. The molecule has 0 spiro atoms. The first-order valence-corrected chi connectivity index (χ1v) is 28.8. The number of amides is 1.